The molecule has 0 aromatic heterocycles. The molecule has 16 heavy (non-hydrogen) atoms. The number of nitrogens with two attached hydrogens (primary N) is 1. The number of rotatable bonds is 9. The Morgan fingerprint density at radius 2 is 1.75 bits per heavy atom. The summed E-state index contributed by atoms with van der Waals surface area (Å²) >= 11 is 0. The van der Waals surface area contributed by atoms with Gasteiger partial charge in [-0.3, -0.25) is 4.99 Å². The van der Waals surface area contributed by atoms with E-state index in [1.54, 1.807) is 0 Å². The number of unbranched alkanes of at least 4 members (excludes halogenated alkanes) is 1. The zero-order chi connectivity index (χ0) is 12.2. The van der Waals surface area contributed by atoms with E-state index in [0.29, 0.717) is 5.96 Å². The first-order valence-corrected chi connectivity index (χ1v) is 6.38. The molecule has 4 nitrogen and oxygen atoms in total. The Balaban J connectivity index is 3.51. The van der Waals surface area contributed by atoms with Crippen LogP contribution in [0.15, 0.2) is 4.99 Å². The molecule has 0 aliphatic carbocycles. The summed E-state index contributed by atoms with van der Waals surface area (Å²) in [7, 11) is 0. The Hall–Kier alpha value is -0.770. The molecule has 0 saturated carbocycles. The highest BCUT2D eigenvalue weighted by Crippen LogP contribution is 1.92. The van der Waals surface area contributed by atoms with Gasteiger partial charge >= 0.3 is 0 Å². The van der Waals surface area contributed by atoms with Crippen molar-refractivity contribution in [1.29, 1.82) is 0 Å². The third-order valence-corrected chi connectivity index (χ3v) is 2.45. The highest BCUT2D eigenvalue weighted by Gasteiger charge is 2.00. The van der Waals surface area contributed by atoms with E-state index in [1.165, 1.54) is 6.42 Å². The van der Waals surface area contributed by atoms with Crippen molar-refractivity contribution in [3.05, 3.63) is 0 Å². The first-order chi connectivity index (χ1) is 7.76. The van der Waals surface area contributed by atoms with Crippen LogP contribution in [-0.4, -0.2) is 43.7 Å². The molecule has 0 atom stereocenters. The third-order valence-electron chi connectivity index (χ3n) is 2.45. The third kappa shape index (κ3) is 7.51. The molecule has 0 aromatic carbocycles. The van der Waals surface area contributed by atoms with Gasteiger partial charge in [-0.25, -0.2) is 0 Å². The van der Waals surface area contributed by atoms with Gasteiger partial charge in [0, 0.05) is 32.8 Å². The number of guanidine groups is 1. The minimum absolute atomic E-state index is 0.651. The summed E-state index contributed by atoms with van der Waals surface area (Å²) in [6.07, 6.45) is 3.28. The largest absolute Gasteiger partial charge is 0.381 e. The number of hydrogen-bond acceptors (Lipinski definition) is 2. The molecule has 0 unspecified atom stereocenters. The highest BCUT2D eigenvalue weighted by atomic mass is 16.5. The SMILES string of the molecule is CCCCOCCCN=C(N)N(CC)CC. The molecule has 0 aromatic rings. The quantitative estimate of drug-likeness (QED) is 0.373. The van der Waals surface area contributed by atoms with Crippen LogP contribution in [0.2, 0.25) is 0 Å². The molecule has 0 fully saturated rings. The van der Waals surface area contributed by atoms with Crippen molar-refractivity contribution in [1.82, 2.24) is 4.90 Å². The highest BCUT2D eigenvalue weighted by molar-refractivity contribution is 5.77. The van der Waals surface area contributed by atoms with Gasteiger partial charge in [0.05, 0.1) is 0 Å². The van der Waals surface area contributed by atoms with Crippen molar-refractivity contribution in [2.45, 2.75) is 40.0 Å². The zero-order valence-electron chi connectivity index (χ0n) is 11.0. The van der Waals surface area contributed by atoms with Crippen LogP contribution in [0.4, 0.5) is 0 Å². The maximum absolute atomic E-state index is 5.84. The van der Waals surface area contributed by atoms with Crippen molar-refractivity contribution in [3.8, 4) is 0 Å². The van der Waals surface area contributed by atoms with Crippen molar-refractivity contribution < 1.29 is 4.74 Å². The molecule has 96 valence electrons. The summed E-state index contributed by atoms with van der Waals surface area (Å²) in [5, 5.41) is 0. The Kier molecular flexibility index (Phi) is 10.2. The summed E-state index contributed by atoms with van der Waals surface area (Å²) in [6, 6.07) is 0. The lowest BCUT2D eigenvalue weighted by Crippen LogP contribution is -2.37. The molecule has 0 radical (unpaired) electrons. The second-order valence-corrected chi connectivity index (χ2v) is 3.73. The summed E-state index contributed by atoms with van der Waals surface area (Å²) in [4.78, 5) is 6.38. The molecule has 2 N–H and O–H groups in total. The lowest BCUT2D eigenvalue weighted by atomic mass is 10.4. The van der Waals surface area contributed by atoms with Gasteiger partial charge in [-0.1, -0.05) is 13.3 Å². The smallest absolute Gasteiger partial charge is 0.191 e. The van der Waals surface area contributed by atoms with Gasteiger partial charge in [-0.15, -0.1) is 0 Å². The fourth-order valence-corrected chi connectivity index (χ4v) is 1.36. The van der Waals surface area contributed by atoms with Crippen molar-refractivity contribution >= 4 is 5.96 Å². The van der Waals surface area contributed by atoms with Gasteiger partial charge in [0.2, 0.25) is 0 Å². The lowest BCUT2D eigenvalue weighted by Gasteiger charge is -2.19. The standard InChI is InChI=1S/C12H27N3O/c1-4-7-10-16-11-8-9-14-12(13)15(5-2)6-3/h4-11H2,1-3H3,(H2,13,14). The minimum Gasteiger partial charge on any atom is -0.381 e. The molecular formula is C12H27N3O. The Morgan fingerprint density at radius 3 is 2.31 bits per heavy atom. The molecule has 0 amide bonds. The van der Waals surface area contributed by atoms with Crippen molar-refractivity contribution in [3.63, 3.8) is 0 Å². The topological polar surface area (TPSA) is 50.9 Å². The number of aliphatic imine (C=N–C) groups is 1. The van der Waals surface area contributed by atoms with Gasteiger partial charge in [0.25, 0.3) is 0 Å². The van der Waals surface area contributed by atoms with Crippen LogP contribution in [-0.2, 0) is 4.74 Å². The predicted octanol–water partition coefficient (Wildman–Crippen LogP) is 1.85. The van der Waals surface area contributed by atoms with E-state index in [-0.39, 0.29) is 0 Å². The van der Waals surface area contributed by atoms with Crippen LogP contribution in [0.25, 0.3) is 0 Å². The molecule has 0 bridgehead atoms. The normalized spacial score (nSPS) is 11.8. The molecule has 0 saturated heterocycles. The van der Waals surface area contributed by atoms with Crippen LogP contribution in [0, 0.1) is 0 Å². The molecular weight excluding hydrogens is 202 g/mol. The van der Waals surface area contributed by atoms with Crippen LogP contribution < -0.4 is 5.73 Å². The summed E-state index contributed by atoms with van der Waals surface area (Å²) in [6.45, 7) is 10.6. The number of ether oxygens (including phenoxy) is 1. The van der Waals surface area contributed by atoms with Crippen molar-refractivity contribution in [2.75, 3.05) is 32.8 Å². The van der Waals surface area contributed by atoms with Gasteiger partial charge in [0.1, 0.15) is 0 Å². The monoisotopic (exact) mass is 229 g/mol. The van der Waals surface area contributed by atoms with E-state index in [4.69, 9.17) is 10.5 Å². The predicted molar refractivity (Wildman–Crippen MR) is 69.8 cm³/mol. The van der Waals surface area contributed by atoms with Crippen LogP contribution >= 0.6 is 0 Å². The van der Waals surface area contributed by atoms with Gasteiger partial charge in [-0.2, -0.15) is 0 Å². The molecule has 0 heterocycles. The van der Waals surface area contributed by atoms with E-state index >= 15 is 0 Å². The molecule has 0 aliphatic heterocycles. The molecule has 0 aliphatic rings. The number of nitrogens with zero attached hydrogens (tertiary/aromatic N) is 2. The van der Waals surface area contributed by atoms with Crippen LogP contribution in [0.5, 0.6) is 0 Å². The Labute approximate surface area is 99.9 Å². The summed E-state index contributed by atoms with van der Waals surface area (Å²) in [5.74, 6) is 0.651. The molecule has 4 heteroatoms. The van der Waals surface area contributed by atoms with Gasteiger partial charge in [-0.05, 0) is 26.7 Å². The fraction of sp³-hybridized carbons (Fsp3) is 0.917. The van der Waals surface area contributed by atoms with E-state index in [0.717, 1.165) is 45.7 Å². The van der Waals surface area contributed by atoms with Crippen LogP contribution in [0.1, 0.15) is 40.0 Å². The maximum atomic E-state index is 5.84. The zero-order valence-corrected chi connectivity index (χ0v) is 11.0. The average molecular weight is 229 g/mol. The van der Waals surface area contributed by atoms with Crippen LogP contribution in [0.3, 0.4) is 0 Å². The fourth-order valence-electron chi connectivity index (χ4n) is 1.36. The van der Waals surface area contributed by atoms with E-state index in [1.807, 2.05) is 0 Å². The van der Waals surface area contributed by atoms with E-state index in [2.05, 4.69) is 30.7 Å². The minimum atomic E-state index is 0.651. The summed E-state index contributed by atoms with van der Waals surface area (Å²) < 4.78 is 5.45. The van der Waals surface area contributed by atoms with Gasteiger partial charge in [0.15, 0.2) is 5.96 Å². The van der Waals surface area contributed by atoms with Gasteiger partial charge < -0.3 is 15.4 Å². The molecule has 0 rings (SSSR count). The Morgan fingerprint density at radius 1 is 1.12 bits per heavy atom. The average Bonchev–Trinajstić information content (AvgIpc) is 2.29. The second-order valence-electron chi connectivity index (χ2n) is 3.73. The maximum Gasteiger partial charge on any atom is 0.191 e. The summed E-state index contributed by atoms with van der Waals surface area (Å²) in [5.41, 5.74) is 5.84. The van der Waals surface area contributed by atoms with Crippen molar-refractivity contribution in [2.24, 2.45) is 10.7 Å². The second kappa shape index (κ2) is 10.7. The first kappa shape index (κ1) is 15.2. The Bertz CT molecular complexity index is 179. The first-order valence-electron chi connectivity index (χ1n) is 6.38. The van der Waals surface area contributed by atoms with E-state index < -0.39 is 0 Å². The number of hydrogen-bond donors (Lipinski definition) is 1. The molecule has 0 spiro atoms. The van der Waals surface area contributed by atoms with E-state index in [9.17, 15) is 0 Å². The lowest BCUT2D eigenvalue weighted by molar-refractivity contribution is 0.130.